The van der Waals surface area contributed by atoms with Crippen molar-refractivity contribution in [3.8, 4) is 0 Å². The van der Waals surface area contributed by atoms with Crippen LogP contribution in [0.1, 0.15) is 25.1 Å². The van der Waals surface area contributed by atoms with Crippen LogP contribution in [0, 0.1) is 6.92 Å². The third kappa shape index (κ3) is 3.03. The number of aryl methyl sites for hydroxylation is 1. The van der Waals surface area contributed by atoms with E-state index in [0.717, 1.165) is 29.9 Å². The van der Waals surface area contributed by atoms with Gasteiger partial charge in [0.15, 0.2) is 0 Å². The van der Waals surface area contributed by atoms with Gasteiger partial charge in [0.05, 0.1) is 6.61 Å². The van der Waals surface area contributed by atoms with E-state index in [1.165, 1.54) is 0 Å². The van der Waals surface area contributed by atoms with Crippen molar-refractivity contribution in [2.75, 3.05) is 18.0 Å². The number of hydrogen-bond donors (Lipinski definition) is 1. The lowest BCUT2D eigenvalue weighted by atomic mass is 10.2. The van der Waals surface area contributed by atoms with Crippen molar-refractivity contribution in [3.05, 3.63) is 29.6 Å². The van der Waals surface area contributed by atoms with Gasteiger partial charge in [-0.2, -0.15) is 0 Å². The van der Waals surface area contributed by atoms with E-state index in [1.807, 2.05) is 13.8 Å². The SMILES string of the molecule is C=C(C)CN(CC)c1ncc(CO)c(C)n1. The van der Waals surface area contributed by atoms with Gasteiger partial charge in [0.2, 0.25) is 5.95 Å². The first-order chi connectivity index (χ1) is 7.58. The number of rotatable bonds is 5. The Labute approximate surface area is 96.7 Å². The van der Waals surface area contributed by atoms with E-state index >= 15 is 0 Å². The average molecular weight is 221 g/mol. The summed E-state index contributed by atoms with van der Waals surface area (Å²) < 4.78 is 0. The zero-order valence-electron chi connectivity index (χ0n) is 10.2. The van der Waals surface area contributed by atoms with Crippen molar-refractivity contribution in [3.63, 3.8) is 0 Å². The largest absolute Gasteiger partial charge is 0.392 e. The molecule has 0 radical (unpaired) electrons. The van der Waals surface area contributed by atoms with Crippen LogP contribution in [0.4, 0.5) is 5.95 Å². The second-order valence-corrected chi connectivity index (χ2v) is 3.91. The van der Waals surface area contributed by atoms with Crippen molar-refractivity contribution in [2.45, 2.75) is 27.4 Å². The number of aliphatic hydroxyl groups excluding tert-OH is 1. The van der Waals surface area contributed by atoms with Gasteiger partial charge in [-0.15, -0.1) is 0 Å². The quantitative estimate of drug-likeness (QED) is 0.769. The maximum Gasteiger partial charge on any atom is 0.225 e. The lowest BCUT2D eigenvalue weighted by Crippen LogP contribution is -2.26. The first-order valence-corrected chi connectivity index (χ1v) is 5.41. The van der Waals surface area contributed by atoms with Crippen LogP contribution in [0.3, 0.4) is 0 Å². The maximum absolute atomic E-state index is 9.04. The molecule has 0 saturated carbocycles. The zero-order valence-corrected chi connectivity index (χ0v) is 10.2. The molecule has 0 spiro atoms. The van der Waals surface area contributed by atoms with Crippen LogP contribution < -0.4 is 4.90 Å². The molecule has 1 rings (SSSR count). The van der Waals surface area contributed by atoms with E-state index in [-0.39, 0.29) is 6.61 Å². The predicted octanol–water partition coefficient (Wildman–Crippen LogP) is 1.68. The van der Waals surface area contributed by atoms with Crippen molar-refractivity contribution >= 4 is 5.95 Å². The van der Waals surface area contributed by atoms with Crippen LogP contribution >= 0.6 is 0 Å². The number of anilines is 1. The molecular weight excluding hydrogens is 202 g/mol. The Morgan fingerprint density at radius 2 is 2.25 bits per heavy atom. The number of nitrogens with zero attached hydrogens (tertiary/aromatic N) is 3. The highest BCUT2D eigenvalue weighted by atomic mass is 16.3. The Hall–Kier alpha value is -1.42. The molecule has 1 N–H and O–H groups in total. The highest BCUT2D eigenvalue weighted by Crippen LogP contribution is 2.12. The zero-order chi connectivity index (χ0) is 12.1. The molecule has 0 aliphatic heterocycles. The third-order valence-electron chi connectivity index (χ3n) is 2.36. The van der Waals surface area contributed by atoms with Crippen LogP contribution in [-0.2, 0) is 6.61 Å². The molecule has 16 heavy (non-hydrogen) atoms. The first-order valence-electron chi connectivity index (χ1n) is 5.41. The van der Waals surface area contributed by atoms with Gasteiger partial charge in [-0.1, -0.05) is 12.2 Å². The van der Waals surface area contributed by atoms with Gasteiger partial charge in [-0.05, 0) is 20.8 Å². The van der Waals surface area contributed by atoms with Crippen LogP contribution in [0.25, 0.3) is 0 Å². The number of hydrogen-bond acceptors (Lipinski definition) is 4. The fourth-order valence-electron chi connectivity index (χ4n) is 1.44. The van der Waals surface area contributed by atoms with Crippen LogP contribution in [0.2, 0.25) is 0 Å². The molecule has 88 valence electrons. The lowest BCUT2D eigenvalue weighted by molar-refractivity contribution is 0.280. The number of aromatic nitrogens is 2. The van der Waals surface area contributed by atoms with Crippen LogP contribution in [-0.4, -0.2) is 28.2 Å². The van der Waals surface area contributed by atoms with Crippen molar-refractivity contribution in [1.29, 1.82) is 0 Å². The second kappa shape index (κ2) is 5.61. The molecule has 4 heteroatoms. The van der Waals surface area contributed by atoms with Gasteiger partial charge in [0.25, 0.3) is 0 Å². The fraction of sp³-hybridized carbons (Fsp3) is 0.500. The summed E-state index contributed by atoms with van der Waals surface area (Å²) in [6.07, 6.45) is 1.68. The minimum atomic E-state index is -0.0152. The minimum absolute atomic E-state index is 0.0152. The molecule has 0 aromatic carbocycles. The lowest BCUT2D eigenvalue weighted by Gasteiger charge is -2.21. The Bertz CT molecular complexity index is 377. The monoisotopic (exact) mass is 221 g/mol. The summed E-state index contributed by atoms with van der Waals surface area (Å²) in [6.45, 7) is 11.4. The smallest absolute Gasteiger partial charge is 0.225 e. The predicted molar refractivity (Wildman–Crippen MR) is 65.4 cm³/mol. The molecule has 0 atom stereocenters. The molecule has 0 fully saturated rings. The van der Waals surface area contributed by atoms with Gasteiger partial charge in [-0.25, -0.2) is 9.97 Å². The van der Waals surface area contributed by atoms with Gasteiger partial charge < -0.3 is 10.0 Å². The maximum atomic E-state index is 9.04. The van der Waals surface area contributed by atoms with E-state index in [9.17, 15) is 0 Å². The Kier molecular flexibility index (Phi) is 4.43. The summed E-state index contributed by atoms with van der Waals surface area (Å²) in [5.41, 5.74) is 2.68. The van der Waals surface area contributed by atoms with E-state index in [4.69, 9.17) is 5.11 Å². The Morgan fingerprint density at radius 1 is 1.56 bits per heavy atom. The summed E-state index contributed by atoms with van der Waals surface area (Å²) in [6, 6.07) is 0. The highest BCUT2D eigenvalue weighted by Gasteiger charge is 2.09. The molecule has 1 aromatic rings. The van der Waals surface area contributed by atoms with E-state index in [1.54, 1.807) is 6.20 Å². The van der Waals surface area contributed by atoms with Gasteiger partial charge in [-0.3, -0.25) is 0 Å². The van der Waals surface area contributed by atoms with Crippen molar-refractivity contribution in [2.24, 2.45) is 0 Å². The Balaban J connectivity index is 2.93. The van der Waals surface area contributed by atoms with Crippen LogP contribution in [0.5, 0.6) is 0 Å². The fourth-order valence-corrected chi connectivity index (χ4v) is 1.44. The minimum Gasteiger partial charge on any atom is -0.392 e. The molecule has 0 saturated heterocycles. The molecule has 0 aliphatic rings. The van der Waals surface area contributed by atoms with E-state index in [2.05, 4.69) is 28.4 Å². The van der Waals surface area contributed by atoms with Gasteiger partial charge >= 0.3 is 0 Å². The summed E-state index contributed by atoms with van der Waals surface area (Å²) >= 11 is 0. The molecule has 0 amide bonds. The number of likely N-dealkylation sites (N-methyl/N-ethyl adjacent to an activating group) is 1. The van der Waals surface area contributed by atoms with Gasteiger partial charge in [0, 0.05) is 30.5 Å². The summed E-state index contributed by atoms with van der Waals surface area (Å²) in [5, 5.41) is 9.04. The van der Waals surface area contributed by atoms with Crippen molar-refractivity contribution < 1.29 is 5.11 Å². The first kappa shape index (κ1) is 12.6. The molecular formula is C12H19N3O. The van der Waals surface area contributed by atoms with E-state index in [0.29, 0.717) is 5.95 Å². The summed E-state index contributed by atoms with van der Waals surface area (Å²) in [7, 11) is 0. The molecule has 0 aliphatic carbocycles. The molecule has 0 bridgehead atoms. The number of aliphatic hydroxyl groups is 1. The normalized spacial score (nSPS) is 10.2. The molecule has 1 heterocycles. The molecule has 4 nitrogen and oxygen atoms in total. The highest BCUT2D eigenvalue weighted by molar-refractivity contribution is 5.34. The Morgan fingerprint density at radius 3 is 2.69 bits per heavy atom. The van der Waals surface area contributed by atoms with E-state index < -0.39 is 0 Å². The third-order valence-corrected chi connectivity index (χ3v) is 2.36. The summed E-state index contributed by atoms with van der Waals surface area (Å²) in [5.74, 6) is 0.695. The average Bonchev–Trinajstić information content (AvgIpc) is 2.25. The van der Waals surface area contributed by atoms with Crippen molar-refractivity contribution in [1.82, 2.24) is 9.97 Å². The van der Waals surface area contributed by atoms with Gasteiger partial charge in [0.1, 0.15) is 0 Å². The van der Waals surface area contributed by atoms with Crippen LogP contribution in [0.15, 0.2) is 18.3 Å². The molecule has 0 unspecified atom stereocenters. The molecule has 1 aromatic heterocycles. The second-order valence-electron chi connectivity index (χ2n) is 3.91. The summed E-state index contributed by atoms with van der Waals surface area (Å²) in [4.78, 5) is 10.7. The standard InChI is InChI=1S/C12H19N3O/c1-5-15(7-9(2)3)12-13-6-11(8-16)10(4)14-12/h6,16H,2,5,7-8H2,1,3-4H3. The topological polar surface area (TPSA) is 49.2 Å².